The quantitative estimate of drug-likeness (QED) is 0.798. The molecular weight excluding hydrogens is 265 g/mol. The molecule has 1 aliphatic rings. The number of likely N-dealkylation sites (tertiary alicyclic amines) is 1. The molecule has 0 N–H and O–H groups in total. The monoisotopic (exact) mass is 280 g/mol. The Labute approximate surface area is 108 Å². The van der Waals surface area contributed by atoms with Crippen molar-refractivity contribution in [3.05, 3.63) is 0 Å². The lowest BCUT2D eigenvalue weighted by Gasteiger charge is -2.36. The fraction of sp³-hybridized carbons (Fsp3) is 0.818. The summed E-state index contributed by atoms with van der Waals surface area (Å²) in [6.45, 7) is 0.732. The van der Waals surface area contributed by atoms with Gasteiger partial charge < -0.3 is 4.90 Å². The van der Waals surface area contributed by atoms with E-state index >= 15 is 0 Å². The largest absolute Gasteiger partial charge is 0.389 e. The number of hydrogen-bond donors (Lipinski definition) is 0. The molecule has 1 rings (SSSR count). The Morgan fingerprint density at radius 2 is 2.00 bits per heavy atom. The highest BCUT2D eigenvalue weighted by Crippen LogP contribution is 2.34. The number of nitriles is 1. The van der Waals surface area contributed by atoms with Crippen LogP contribution in [0.4, 0.5) is 13.2 Å². The summed E-state index contributed by atoms with van der Waals surface area (Å²) in [5.74, 6) is -0.472. The SMILES string of the molecule is CSC1(C#N)CCN(C(=O)CCC(F)(F)F)CC1. The van der Waals surface area contributed by atoms with Gasteiger partial charge in [-0.15, -0.1) is 11.8 Å². The van der Waals surface area contributed by atoms with Gasteiger partial charge in [0.05, 0.1) is 12.5 Å². The summed E-state index contributed by atoms with van der Waals surface area (Å²) < 4.78 is 35.5. The van der Waals surface area contributed by atoms with Gasteiger partial charge in [0.25, 0.3) is 0 Å². The molecule has 0 bridgehead atoms. The van der Waals surface area contributed by atoms with Crippen LogP contribution in [0.25, 0.3) is 0 Å². The smallest absolute Gasteiger partial charge is 0.343 e. The number of amides is 1. The van der Waals surface area contributed by atoms with Crippen LogP contribution in [-0.4, -0.2) is 41.1 Å². The van der Waals surface area contributed by atoms with E-state index in [-0.39, 0.29) is 0 Å². The van der Waals surface area contributed by atoms with Crippen LogP contribution >= 0.6 is 11.8 Å². The Balaban J connectivity index is 2.44. The second-order valence-electron chi connectivity index (χ2n) is 4.31. The van der Waals surface area contributed by atoms with Crippen molar-refractivity contribution in [1.82, 2.24) is 4.90 Å². The number of alkyl halides is 3. The summed E-state index contributed by atoms with van der Waals surface area (Å²) >= 11 is 1.45. The van der Waals surface area contributed by atoms with E-state index in [1.807, 2.05) is 6.26 Å². The van der Waals surface area contributed by atoms with Crippen molar-refractivity contribution < 1.29 is 18.0 Å². The Morgan fingerprint density at radius 1 is 1.44 bits per heavy atom. The molecule has 0 unspecified atom stereocenters. The summed E-state index contributed by atoms with van der Waals surface area (Å²) in [6.07, 6.45) is -2.99. The van der Waals surface area contributed by atoms with Crippen molar-refractivity contribution in [2.45, 2.75) is 36.6 Å². The molecular formula is C11H15F3N2OS. The van der Waals surface area contributed by atoms with Crippen LogP contribution < -0.4 is 0 Å². The van der Waals surface area contributed by atoms with Crippen molar-refractivity contribution in [3.63, 3.8) is 0 Å². The third kappa shape index (κ3) is 4.09. The lowest BCUT2D eigenvalue weighted by atomic mass is 9.97. The molecule has 1 fully saturated rings. The summed E-state index contributed by atoms with van der Waals surface area (Å²) in [7, 11) is 0. The third-order valence-corrected chi connectivity index (χ3v) is 4.42. The Morgan fingerprint density at radius 3 is 2.39 bits per heavy atom. The number of piperidine rings is 1. The number of halogens is 3. The summed E-state index contributed by atoms with van der Waals surface area (Å²) in [6, 6.07) is 2.23. The highest BCUT2D eigenvalue weighted by atomic mass is 32.2. The second-order valence-corrected chi connectivity index (χ2v) is 5.50. The fourth-order valence-corrected chi connectivity index (χ4v) is 2.57. The molecule has 1 aliphatic heterocycles. The Hall–Kier alpha value is -0.900. The van der Waals surface area contributed by atoms with E-state index in [1.54, 1.807) is 0 Å². The second kappa shape index (κ2) is 5.83. The van der Waals surface area contributed by atoms with E-state index in [4.69, 9.17) is 5.26 Å². The van der Waals surface area contributed by atoms with Gasteiger partial charge in [-0.25, -0.2) is 0 Å². The molecule has 0 atom stereocenters. The zero-order valence-electron chi connectivity index (χ0n) is 10.1. The first kappa shape index (κ1) is 15.2. The van der Waals surface area contributed by atoms with Crippen molar-refractivity contribution in [1.29, 1.82) is 5.26 Å². The molecule has 1 saturated heterocycles. The van der Waals surface area contributed by atoms with Crippen LogP contribution in [-0.2, 0) is 4.79 Å². The van der Waals surface area contributed by atoms with Gasteiger partial charge in [0.2, 0.25) is 5.91 Å². The molecule has 18 heavy (non-hydrogen) atoms. The van der Waals surface area contributed by atoms with Crippen molar-refractivity contribution in [3.8, 4) is 6.07 Å². The van der Waals surface area contributed by atoms with E-state index in [9.17, 15) is 18.0 Å². The number of nitrogens with zero attached hydrogens (tertiary/aromatic N) is 2. The van der Waals surface area contributed by atoms with Crippen molar-refractivity contribution in [2.24, 2.45) is 0 Å². The maximum absolute atomic E-state index is 12.0. The average Bonchev–Trinajstić information content (AvgIpc) is 2.35. The van der Waals surface area contributed by atoms with Gasteiger partial charge in [-0.1, -0.05) is 0 Å². The number of hydrogen-bond acceptors (Lipinski definition) is 3. The highest BCUT2D eigenvalue weighted by molar-refractivity contribution is 8.00. The lowest BCUT2D eigenvalue weighted by molar-refractivity contribution is -0.149. The first-order valence-corrected chi connectivity index (χ1v) is 6.85. The molecule has 0 aromatic carbocycles. The zero-order chi connectivity index (χ0) is 13.8. The molecule has 1 amide bonds. The van der Waals surface area contributed by atoms with Gasteiger partial charge in [-0.3, -0.25) is 4.79 Å². The van der Waals surface area contributed by atoms with Crippen LogP contribution in [0.2, 0.25) is 0 Å². The normalized spacial score (nSPS) is 19.4. The summed E-state index contributed by atoms with van der Waals surface area (Å²) in [5, 5.41) is 9.05. The zero-order valence-corrected chi connectivity index (χ0v) is 10.9. The molecule has 0 aromatic heterocycles. The summed E-state index contributed by atoms with van der Waals surface area (Å²) in [5.41, 5.74) is 0. The third-order valence-electron chi connectivity index (χ3n) is 3.14. The number of carbonyl (C=O) groups excluding carboxylic acids is 1. The predicted molar refractivity (Wildman–Crippen MR) is 63.0 cm³/mol. The van der Waals surface area contributed by atoms with Gasteiger partial charge in [0.1, 0.15) is 4.75 Å². The van der Waals surface area contributed by atoms with Gasteiger partial charge in [-0.05, 0) is 19.1 Å². The van der Waals surface area contributed by atoms with Gasteiger partial charge >= 0.3 is 6.18 Å². The van der Waals surface area contributed by atoms with Crippen LogP contribution in [0.1, 0.15) is 25.7 Å². The van der Waals surface area contributed by atoms with Crippen molar-refractivity contribution >= 4 is 17.7 Å². The summed E-state index contributed by atoms with van der Waals surface area (Å²) in [4.78, 5) is 13.0. The molecule has 0 saturated carbocycles. The number of thioether (sulfide) groups is 1. The van der Waals surface area contributed by atoms with Crippen LogP contribution in [0, 0.1) is 11.3 Å². The number of carbonyl (C=O) groups is 1. The maximum Gasteiger partial charge on any atom is 0.389 e. The van der Waals surface area contributed by atoms with Crippen molar-refractivity contribution in [2.75, 3.05) is 19.3 Å². The van der Waals surface area contributed by atoms with E-state index in [2.05, 4.69) is 6.07 Å². The lowest BCUT2D eigenvalue weighted by Crippen LogP contribution is -2.44. The standard InChI is InChI=1S/C11H15F3N2OS/c1-18-10(8-15)4-6-16(7-5-10)9(17)2-3-11(12,13)14/h2-7H2,1H3. The average molecular weight is 280 g/mol. The highest BCUT2D eigenvalue weighted by Gasteiger charge is 2.36. The minimum absolute atomic E-state index is 0.366. The van der Waals surface area contributed by atoms with Gasteiger partial charge in [0, 0.05) is 19.5 Å². The van der Waals surface area contributed by atoms with Gasteiger partial charge in [0.15, 0.2) is 0 Å². The van der Waals surface area contributed by atoms with Crippen LogP contribution in [0.15, 0.2) is 0 Å². The van der Waals surface area contributed by atoms with E-state index in [1.165, 1.54) is 16.7 Å². The van der Waals surface area contributed by atoms with Gasteiger partial charge in [-0.2, -0.15) is 18.4 Å². The fourth-order valence-electron chi connectivity index (χ4n) is 1.89. The maximum atomic E-state index is 12.0. The van der Waals surface area contributed by atoms with E-state index in [0.29, 0.717) is 25.9 Å². The molecule has 0 spiro atoms. The molecule has 7 heteroatoms. The minimum atomic E-state index is -4.29. The van der Waals surface area contributed by atoms with E-state index < -0.39 is 29.7 Å². The predicted octanol–water partition coefficient (Wildman–Crippen LogP) is 2.58. The first-order chi connectivity index (χ1) is 8.32. The first-order valence-electron chi connectivity index (χ1n) is 5.63. The topological polar surface area (TPSA) is 44.1 Å². The Bertz CT molecular complexity index is 343. The Kier molecular flexibility index (Phi) is 4.91. The molecule has 0 radical (unpaired) electrons. The molecule has 3 nitrogen and oxygen atoms in total. The minimum Gasteiger partial charge on any atom is -0.343 e. The molecule has 102 valence electrons. The number of rotatable bonds is 3. The molecule has 0 aliphatic carbocycles. The van der Waals surface area contributed by atoms with E-state index in [0.717, 1.165) is 0 Å². The van der Waals surface area contributed by atoms with Crippen LogP contribution in [0.5, 0.6) is 0 Å². The molecule has 0 aromatic rings. The molecule has 1 heterocycles. The van der Waals surface area contributed by atoms with Crippen LogP contribution in [0.3, 0.4) is 0 Å².